The molecule has 0 radical (unpaired) electrons. The number of rotatable bonds is 4. The van der Waals surface area contributed by atoms with Gasteiger partial charge in [-0.2, -0.15) is 4.31 Å². The minimum absolute atomic E-state index is 0.0456. The van der Waals surface area contributed by atoms with E-state index in [2.05, 4.69) is 0 Å². The van der Waals surface area contributed by atoms with Gasteiger partial charge in [0, 0.05) is 25.2 Å². The lowest BCUT2D eigenvalue weighted by Crippen LogP contribution is -2.33. The summed E-state index contributed by atoms with van der Waals surface area (Å²) < 4.78 is 26.1. The first-order valence-electron chi connectivity index (χ1n) is 6.14. The first kappa shape index (κ1) is 14.4. The Morgan fingerprint density at radius 2 is 1.90 bits per heavy atom. The molecule has 0 bridgehead atoms. The van der Waals surface area contributed by atoms with E-state index in [1.807, 2.05) is 0 Å². The van der Waals surface area contributed by atoms with Crippen molar-refractivity contribution in [2.24, 2.45) is 5.41 Å². The predicted octanol–water partition coefficient (Wildman–Crippen LogP) is 1.17. The molecule has 1 aromatic carbocycles. The summed E-state index contributed by atoms with van der Waals surface area (Å²) in [5.74, 6) is 0. The number of fused-ring (bicyclic) bond motifs is 1. The fourth-order valence-corrected chi connectivity index (χ4v) is 4.89. The van der Waals surface area contributed by atoms with Crippen LogP contribution in [0.3, 0.4) is 0 Å². The highest BCUT2D eigenvalue weighted by Crippen LogP contribution is 2.64. The lowest BCUT2D eigenvalue weighted by Gasteiger charge is -2.19. The third kappa shape index (κ3) is 1.97. The summed E-state index contributed by atoms with van der Waals surface area (Å²) in [7, 11) is -3.80. The Morgan fingerprint density at radius 3 is 2.38 bits per heavy atom. The van der Waals surface area contributed by atoms with Crippen LogP contribution in [0, 0.1) is 15.5 Å². The Morgan fingerprint density at radius 1 is 1.29 bits per heavy atom. The van der Waals surface area contributed by atoms with Gasteiger partial charge in [0.25, 0.3) is 5.69 Å². The molecule has 1 saturated heterocycles. The number of nitrogens with zero attached hydrogens (tertiary/aromatic N) is 2. The maximum absolute atomic E-state index is 12.5. The van der Waals surface area contributed by atoms with Crippen molar-refractivity contribution in [1.82, 2.24) is 4.31 Å². The quantitative estimate of drug-likeness (QED) is 0.357. The smallest absolute Gasteiger partial charge is 0.269 e. The van der Waals surface area contributed by atoms with Crippen molar-refractivity contribution in [2.75, 3.05) is 13.1 Å². The number of halogens is 1. The van der Waals surface area contributed by atoms with Crippen molar-refractivity contribution >= 4 is 33.6 Å². The zero-order chi connectivity index (χ0) is 15.5. The summed E-state index contributed by atoms with van der Waals surface area (Å²) in [4.78, 5) is 20.3. The van der Waals surface area contributed by atoms with Gasteiger partial charge in [0.1, 0.15) is 6.29 Å². The Bertz CT molecular complexity index is 735. The van der Waals surface area contributed by atoms with E-state index >= 15 is 0 Å². The first-order chi connectivity index (χ1) is 9.74. The number of benzene rings is 1. The minimum Gasteiger partial charge on any atom is -0.303 e. The highest BCUT2D eigenvalue weighted by molar-refractivity contribution is 7.89. The highest BCUT2D eigenvalue weighted by atomic mass is 35.5. The van der Waals surface area contributed by atoms with Crippen LogP contribution in [-0.4, -0.2) is 41.9 Å². The average molecular weight is 331 g/mol. The van der Waals surface area contributed by atoms with Gasteiger partial charge in [-0.05, 0) is 18.6 Å². The normalized spacial score (nSPS) is 31.7. The van der Waals surface area contributed by atoms with Gasteiger partial charge in [0.15, 0.2) is 0 Å². The number of hydrogen-bond donors (Lipinski definition) is 0. The summed E-state index contributed by atoms with van der Waals surface area (Å²) >= 11 is 6.23. The topological polar surface area (TPSA) is 97.6 Å². The number of nitro groups is 1. The lowest BCUT2D eigenvalue weighted by atomic mass is 10.1. The SMILES string of the molecule is O=CC12CN(S(=O)(=O)c3ccc([N+](=O)[O-])cc3)CC1(Cl)C2. The molecule has 1 aromatic rings. The van der Waals surface area contributed by atoms with Crippen molar-refractivity contribution in [1.29, 1.82) is 0 Å². The van der Waals surface area contributed by atoms with Gasteiger partial charge in [0.05, 0.1) is 20.1 Å². The van der Waals surface area contributed by atoms with Crippen LogP contribution >= 0.6 is 11.6 Å². The number of non-ortho nitro benzene ring substituents is 1. The van der Waals surface area contributed by atoms with E-state index in [-0.39, 0.29) is 23.7 Å². The number of nitro benzene ring substituents is 1. The van der Waals surface area contributed by atoms with Crippen LogP contribution in [0.5, 0.6) is 0 Å². The molecule has 0 amide bonds. The van der Waals surface area contributed by atoms with Crippen LogP contribution in [0.2, 0.25) is 0 Å². The second-order valence-electron chi connectivity index (χ2n) is 5.44. The Hall–Kier alpha value is -1.51. The van der Waals surface area contributed by atoms with Gasteiger partial charge in [-0.3, -0.25) is 10.1 Å². The molecule has 7 nitrogen and oxygen atoms in total. The fraction of sp³-hybridized carbons (Fsp3) is 0.417. The monoisotopic (exact) mass is 330 g/mol. The number of carbonyl (C=O) groups is 1. The molecule has 2 aliphatic rings. The Balaban J connectivity index is 1.89. The number of sulfonamides is 1. The molecule has 0 N–H and O–H groups in total. The van der Waals surface area contributed by atoms with Crippen LogP contribution < -0.4 is 0 Å². The molecule has 1 aliphatic carbocycles. The number of alkyl halides is 1. The number of aldehydes is 1. The molecular weight excluding hydrogens is 320 g/mol. The van der Waals surface area contributed by atoms with E-state index in [4.69, 9.17) is 11.6 Å². The van der Waals surface area contributed by atoms with Crippen LogP contribution in [-0.2, 0) is 14.8 Å². The first-order valence-corrected chi connectivity index (χ1v) is 7.96. The van der Waals surface area contributed by atoms with Crippen LogP contribution in [0.25, 0.3) is 0 Å². The third-order valence-corrected chi connectivity index (χ3v) is 6.59. The lowest BCUT2D eigenvalue weighted by molar-refractivity contribution is -0.384. The molecule has 0 spiro atoms. The van der Waals surface area contributed by atoms with E-state index in [0.717, 1.165) is 18.4 Å². The van der Waals surface area contributed by atoms with Crippen molar-refractivity contribution in [3.63, 3.8) is 0 Å². The molecule has 1 saturated carbocycles. The summed E-state index contributed by atoms with van der Waals surface area (Å²) in [6.45, 7) is 0.131. The van der Waals surface area contributed by atoms with Gasteiger partial charge in [-0.1, -0.05) is 0 Å². The number of piperidine rings is 1. The predicted molar refractivity (Wildman–Crippen MR) is 73.6 cm³/mol. The zero-order valence-corrected chi connectivity index (χ0v) is 12.3. The van der Waals surface area contributed by atoms with Crippen LogP contribution in [0.15, 0.2) is 29.2 Å². The maximum atomic E-state index is 12.5. The molecule has 3 rings (SSSR count). The van der Waals surface area contributed by atoms with Gasteiger partial charge < -0.3 is 4.79 Å². The van der Waals surface area contributed by atoms with E-state index in [9.17, 15) is 23.3 Å². The number of carbonyl (C=O) groups excluding carboxylic acids is 1. The van der Waals surface area contributed by atoms with Crippen molar-refractivity contribution < 1.29 is 18.1 Å². The molecular formula is C12H11ClN2O5S. The number of hydrogen-bond acceptors (Lipinski definition) is 5. The highest BCUT2D eigenvalue weighted by Gasteiger charge is 2.73. The molecule has 1 aliphatic heterocycles. The molecule has 112 valence electrons. The molecule has 2 atom stereocenters. The Labute approximate surface area is 125 Å². The Kier molecular flexibility index (Phi) is 2.92. The molecule has 0 aromatic heterocycles. The van der Waals surface area contributed by atoms with Gasteiger partial charge in [-0.25, -0.2) is 8.42 Å². The van der Waals surface area contributed by atoms with Gasteiger partial charge >= 0.3 is 0 Å². The van der Waals surface area contributed by atoms with E-state index in [1.54, 1.807) is 0 Å². The molecule has 1 heterocycles. The third-order valence-electron chi connectivity index (χ3n) is 4.16. The standard InChI is InChI=1S/C12H11ClN2O5S/c13-12-5-11(12,8-16)6-14(7-12)21(19,20)10-3-1-9(2-4-10)15(17)18/h1-4,8H,5-7H2. The average Bonchev–Trinajstić information content (AvgIpc) is 2.91. The minimum atomic E-state index is -3.80. The van der Waals surface area contributed by atoms with Crippen molar-refractivity contribution in [2.45, 2.75) is 16.2 Å². The largest absolute Gasteiger partial charge is 0.303 e. The van der Waals surface area contributed by atoms with Gasteiger partial charge in [-0.15, -0.1) is 11.6 Å². The zero-order valence-electron chi connectivity index (χ0n) is 10.7. The van der Waals surface area contributed by atoms with Crippen molar-refractivity contribution in [3.05, 3.63) is 34.4 Å². The second kappa shape index (κ2) is 4.25. The second-order valence-corrected chi connectivity index (χ2v) is 8.10. The molecule has 2 unspecified atom stereocenters. The van der Waals surface area contributed by atoms with E-state index in [1.165, 1.54) is 16.4 Å². The summed E-state index contributed by atoms with van der Waals surface area (Å²) in [6.07, 6.45) is 1.21. The maximum Gasteiger partial charge on any atom is 0.269 e. The van der Waals surface area contributed by atoms with Crippen LogP contribution in [0.1, 0.15) is 6.42 Å². The molecule has 9 heteroatoms. The van der Waals surface area contributed by atoms with Crippen molar-refractivity contribution in [3.8, 4) is 0 Å². The molecule has 2 fully saturated rings. The summed E-state index contributed by atoms with van der Waals surface area (Å²) in [6, 6.07) is 4.64. The summed E-state index contributed by atoms with van der Waals surface area (Å²) in [5.41, 5.74) is -0.973. The summed E-state index contributed by atoms with van der Waals surface area (Å²) in [5, 5.41) is 10.6. The van der Waals surface area contributed by atoms with E-state index < -0.39 is 25.2 Å². The van der Waals surface area contributed by atoms with E-state index in [0.29, 0.717) is 6.42 Å². The van der Waals surface area contributed by atoms with Crippen LogP contribution in [0.4, 0.5) is 5.69 Å². The molecule has 21 heavy (non-hydrogen) atoms. The van der Waals surface area contributed by atoms with Gasteiger partial charge in [0.2, 0.25) is 10.0 Å². The fourth-order valence-electron chi connectivity index (χ4n) is 2.76.